The van der Waals surface area contributed by atoms with E-state index < -0.39 is 6.04 Å². The quantitative estimate of drug-likeness (QED) is 0.902. The summed E-state index contributed by atoms with van der Waals surface area (Å²) in [6, 6.07) is 7.44. The van der Waals surface area contributed by atoms with Crippen LogP contribution in [-0.2, 0) is 11.2 Å². The molecule has 0 aliphatic carbocycles. The van der Waals surface area contributed by atoms with Crippen molar-refractivity contribution in [2.24, 2.45) is 0 Å². The lowest BCUT2D eigenvalue weighted by Crippen LogP contribution is -2.40. The molecule has 0 aromatic heterocycles. The van der Waals surface area contributed by atoms with Gasteiger partial charge in [-0.3, -0.25) is 9.69 Å². The van der Waals surface area contributed by atoms with Crippen LogP contribution in [0.3, 0.4) is 0 Å². The Kier molecular flexibility index (Phi) is 4.44. The second-order valence-corrected chi connectivity index (χ2v) is 7.09. The Hall–Kier alpha value is -2.73. The molecule has 2 aliphatic rings. The molecular formula is C21H24N2O4. The number of likely N-dealkylation sites (N-methyl/N-ethyl adjacent to an activating group) is 1. The number of rotatable bonds is 3. The lowest BCUT2D eigenvalue weighted by atomic mass is 9.90. The van der Waals surface area contributed by atoms with Crippen molar-refractivity contribution < 1.29 is 19.0 Å². The smallest absolute Gasteiger partial charge is 0.246 e. The van der Waals surface area contributed by atoms with Gasteiger partial charge in [0.25, 0.3) is 0 Å². The van der Waals surface area contributed by atoms with Gasteiger partial charge in [0.2, 0.25) is 18.4 Å². The SMILES string of the molecule is COc1c2c(cc3c1[C@@H](C(=O)Nc1cccc(C)c1C)N(C)CC3)OCO2. The van der Waals surface area contributed by atoms with Gasteiger partial charge in [0.05, 0.1) is 7.11 Å². The molecule has 0 unspecified atom stereocenters. The van der Waals surface area contributed by atoms with E-state index in [2.05, 4.69) is 5.32 Å². The van der Waals surface area contributed by atoms with Gasteiger partial charge in [-0.2, -0.15) is 0 Å². The molecular weight excluding hydrogens is 344 g/mol. The standard InChI is InChI=1S/C21H24N2O4/c1-12-6-5-7-15(13(12)2)22-21(24)18-17-14(8-9-23(18)3)10-16-19(20(17)25-4)27-11-26-16/h5-7,10,18H,8-9,11H2,1-4H3,(H,22,24)/t18-/m0/s1. The summed E-state index contributed by atoms with van der Waals surface area (Å²) in [7, 11) is 3.56. The number of benzene rings is 2. The molecule has 1 atom stereocenters. The van der Waals surface area contributed by atoms with Crippen LogP contribution in [-0.4, -0.2) is 38.3 Å². The zero-order valence-electron chi connectivity index (χ0n) is 16.1. The van der Waals surface area contributed by atoms with Gasteiger partial charge in [-0.1, -0.05) is 12.1 Å². The van der Waals surface area contributed by atoms with Crippen LogP contribution < -0.4 is 19.5 Å². The minimum Gasteiger partial charge on any atom is -0.492 e. The number of carbonyl (C=O) groups excluding carboxylic acids is 1. The highest BCUT2D eigenvalue weighted by Gasteiger charge is 2.37. The van der Waals surface area contributed by atoms with E-state index >= 15 is 0 Å². The van der Waals surface area contributed by atoms with E-state index in [1.807, 2.05) is 50.1 Å². The summed E-state index contributed by atoms with van der Waals surface area (Å²) >= 11 is 0. The number of nitrogens with zero attached hydrogens (tertiary/aromatic N) is 1. The number of aryl methyl sites for hydroxylation is 1. The molecule has 2 aromatic rings. The molecule has 0 spiro atoms. The van der Waals surface area contributed by atoms with E-state index in [4.69, 9.17) is 14.2 Å². The summed E-state index contributed by atoms with van der Waals surface area (Å²) in [5.74, 6) is 1.77. The van der Waals surface area contributed by atoms with Gasteiger partial charge in [0.1, 0.15) is 6.04 Å². The predicted molar refractivity (Wildman–Crippen MR) is 103 cm³/mol. The largest absolute Gasteiger partial charge is 0.492 e. The van der Waals surface area contributed by atoms with E-state index in [1.54, 1.807) is 7.11 Å². The van der Waals surface area contributed by atoms with E-state index in [0.717, 1.165) is 40.9 Å². The molecule has 6 heteroatoms. The van der Waals surface area contributed by atoms with Crippen LogP contribution in [0.15, 0.2) is 24.3 Å². The molecule has 0 fully saturated rings. The van der Waals surface area contributed by atoms with Crippen LogP contribution in [0.25, 0.3) is 0 Å². The van der Waals surface area contributed by atoms with Gasteiger partial charge in [-0.05, 0) is 56.1 Å². The molecule has 0 saturated carbocycles. The van der Waals surface area contributed by atoms with Crippen LogP contribution in [0.5, 0.6) is 17.2 Å². The third-order valence-corrected chi connectivity index (χ3v) is 5.51. The first-order valence-electron chi connectivity index (χ1n) is 9.08. The topological polar surface area (TPSA) is 60.0 Å². The number of amides is 1. The Labute approximate surface area is 159 Å². The molecule has 2 aromatic carbocycles. The zero-order chi connectivity index (χ0) is 19.1. The molecule has 6 nitrogen and oxygen atoms in total. The number of carbonyl (C=O) groups is 1. The lowest BCUT2D eigenvalue weighted by molar-refractivity contribution is -0.121. The Balaban J connectivity index is 1.76. The maximum absolute atomic E-state index is 13.3. The van der Waals surface area contributed by atoms with Crippen LogP contribution in [0, 0.1) is 13.8 Å². The van der Waals surface area contributed by atoms with Crippen molar-refractivity contribution in [3.05, 3.63) is 46.5 Å². The minimum atomic E-state index is -0.460. The van der Waals surface area contributed by atoms with E-state index in [1.165, 1.54) is 0 Å². The number of ether oxygens (including phenoxy) is 3. The van der Waals surface area contributed by atoms with Crippen molar-refractivity contribution in [1.82, 2.24) is 4.90 Å². The average molecular weight is 368 g/mol. The third-order valence-electron chi connectivity index (χ3n) is 5.51. The number of methoxy groups -OCH3 is 1. The summed E-state index contributed by atoms with van der Waals surface area (Å²) in [4.78, 5) is 15.3. The first-order chi connectivity index (χ1) is 13.0. The van der Waals surface area contributed by atoms with Gasteiger partial charge in [0.15, 0.2) is 11.5 Å². The molecule has 1 N–H and O–H groups in total. The highest BCUT2D eigenvalue weighted by molar-refractivity contribution is 5.97. The van der Waals surface area contributed by atoms with Crippen molar-refractivity contribution >= 4 is 11.6 Å². The minimum absolute atomic E-state index is 0.0793. The van der Waals surface area contributed by atoms with Gasteiger partial charge in [-0.15, -0.1) is 0 Å². The molecule has 0 bridgehead atoms. The molecule has 1 amide bonds. The molecule has 2 heterocycles. The first kappa shape index (κ1) is 17.7. The molecule has 0 saturated heterocycles. The van der Waals surface area contributed by atoms with Crippen molar-refractivity contribution in [2.45, 2.75) is 26.3 Å². The molecule has 142 valence electrons. The highest BCUT2D eigenvalue weighted by atomic mass is 16.7. The van der Waals surface area contributed by atoms with Gasteiger partial charge < -0.3 is 19.5 Å². The van der Waals surface area contributed by atoms with E-state index in [9.17, 15) is 4.79 Å². The van der Waals surface area contributed by atoms with Crippen molar-refractivity contribution in [2.75, 3.05) is 32.8 Å². The summed E-state index contributed by atoms with van der Waals surface area (Å²) < 4.78 is 16.8. The summed E-state index contributed by atoms with van der Waals surface area (Å²) in [5, 5.41) is 3.10. The second kappa shape index (κ2) is 6.78. The van der Waals surface area contributed by atoms with E-state index in [0.29, 0.717) is 17.2 Å². The fourth-order valence-electron chi connectivity index (χ4n) is 3.85. The summed E-state index contributed by atoms with van der Waals surface area (Å²) in [6.07, 6.45) is 0.825. The number of nitrogens with one attached hydrogen (secondary N) is 1. The summed E-state index contributed by atoms with van der Waals surface area (Å²) in [6.45, 7) is 5.00. The Morgan fingerprint density at radius 2 is 2.11 bits per heavy atom. The molecule has 4 rings (SSSR count). The first-order valence-corrected chi connectivity index (χ1v) is 9.08. The highest BCUT2D eigenvalue weighted by Crippen LogP contribution is 2.49. The van der Waals surface area contributed by atoms with Crippen molar-refractivity contribution in [3.63, 3.8) is 0 Å². The van der Waals surface area contributed by atoms with Crippen LogP contribution >= 0.6 is 0 Å². The van der Waals surface area contributed by atoms with Crippen LogP contribution in [0.2, 0.25) is 0 Å². The third kappa shape index (κ3) is 2.90. The van der Waals surface area contributed by atoms with Crippen molar-refractivity contribution in [3.8, 4) is 17.2 Å². The second-order valence-electron chi connectivity index (χ2n) is 7.09. The fraction of sp³-hybridized carbons (Fsp3) is 0.381. The van der Waals surface area contributed by atoms with E-state index in [-0.39, 0.29) is 12.7 Å². The fourth-order valence-corrected chi connectivity index (χ4v) is 3.85. The van der Waals surface area contributed by atoms with Crippen LogP contribution in [0.4, 0.5) is 5.69 Å². The Morgan fingerprint density at radius 3 is 2.89 bits per heavy atom. The van der Waals surface area contributed by atoms with Gasteiger partial charge in [0, 0.05) is 17.8 Å². The number of hydrogen-bond acceptors (Lipinski definition) is 5. The van der Waals surface area contributed by atoms with Gasteiger partial charge in [-0.25, -0.2) is 0 Å². The molecule has 27 heavy (non-hydrogen) atoms. The number of hydrogen-bond donors (Lipinski definition) is 1. The normalized spacial score (nSPS) is 18.1. The van der Waals surface area contributed by atoms with Crippen LogP contribution in [0.1, 0.15) is 28.3 Å². The summed E-state index contributed by atoms with van der Waals surface area (Å²) in [5.41, 5.74) is 4.97. The molecule has 2 aliphatic heterocycles. The maximum Gasteiger partial charge on any atom is 0.246 e. The van der Waals surface area contributed by atoms with Crippen molar-refractivity contribution in [1.29, 1.82) is 0 Å². The monoisotopic (exact) mass is 368 g/mol. The average Bonchev–Trinajstić information content (AvgIpc) is 3.11. The Morgan fingerprint density at radius 1 is 1.30 bits per heavy atom. The zero-order valence-corrected chi connectivity index (χ0v) is 16.1. The Bertz CT molecular complexity index is 910. The lowest BCUT2D eigenvalue weighted by Gasteiger charge is -2.34. The molecule has 0 radical (unpaired) electrons. The maximum atomic E-state index is 13.3. The number of anilines is 1. The predicted octanol–water partition coefficient (Wildman–Crippen LogP) is 3.21. The van der Waals surface area contributed by atoms with Gasteiger partial charge >= 0.3 is 0 Å². The number of fused-ring (bicyclic) bond motifs is 2.